The molecule has 0 fully saturated rings. The standard InChI is InChI=1S/C11H12O6/c1-15-10(14)7-5-3-4-6-8(7)17-11(16-2)9(12)13/h3-6,11H,1-2H3,(H,12,13). The SMILES string of the molecule is COC(=O)c1ccccc1OC(OC)C(=O)O. The second-order valence-electron chi connectivity index (χ2n) is 3.01. The lowest BCUT2D eigenvalue weighted by atomic mass is 10.2. The van der Waals surface area contributed by atoms with E-state index in [4.69, 9.17) is 9.84 Å². The van der Waals surface area contributed by atoms with Crippen molar-refractivity contribution in [3.63, 3.8) is 0 Å². The van der Waals surface area contributed by atoms with Gasteiger partial charge in [-0.1, -0.05) is 12.1 Å². The Morgan fingerprint density at radius 3 is 2.41 bits per heavy atom. The Morgan fingerprint density at radius 1 is 1.24 bits per heavy atom. The number of hydrogen-bond donors (Lipinski definition) is 1. The molecule has 0 aliphatic heterocycles. The van der Waals surface area contributed by atoms with Crippen LogP contribution in [0.25, 0.3) is 0 Å². The Kier molecular flexibility index (Phi) is 4.47. The smallest absolute Gasteiger partial charge is 0.373 e. The topological polar surface area (TPSA) is 82.1 Å². The van der Waals surface area contributed by atoms with Crippen molar-refractivity contribution in [3.8, 4) is 5.75 Å². The summed E-state index contributed by atoms with van der Waals surface area (Å²) in [5.41, 5.74) is 0.137. The lowest BCUT2D eigenvalue weighted by Gasteiger charge is -2.14. The van der Waals surface area contributed by atoms with Gasteiger partial charge >= 0.3 is 11.9 Å². The number of ether oxygens (including phenoxy) is 3. The zero-order valence-corrected chi connectivity index (χ0v) is 9.38. The maximum absolute atomic E-state index is 11.4. The molecule has 0 saturated carbocycles. The van der Waals surface area contributed by atoms with Crippen molar-refractivity contribution in [1.82, 2.24) is 0 Å². The summed E-state index contributed by atoms with van der Waals surface area (Å²) >= 11 is 0. The van der Waals surface area contributed by atoms with Gasteiger partial charge < -0.3 is 19.3 Å². The number of rotatable bonds is 5. The van der Waals surface area contributed by atoms with E-state index in [0.717, 1.165) is 0 Å². The number of para-hydroxylation sites is 1. The summed E-state index contributed by atoms with van der Waals surface area (Å²) in [5, 5.41) is 8.76. The van der Waals surface area contributed by atoms with Gasteiger partial charge in [0.2, 0.25) is 0 Å². The molecule has 1 rings (SSSR count). The monoisotopic (exact) mass is 240 g/mol. The number of hydrogen-bond acceptors (Lipinski definition) is 5. The van der Waals surface area contributed by atoms with Crippen LogP contribution in [-0.2, 0) is 14.3 Å². The first-order valence-electron chi connectivity index (χ1n) is 4.69. The zero-order chi connectivity index (χ0) is 12.8. The van der Waals surface area contributed by atoms with E-state index in [2.05, 4.69) is 9.47 Å². The molecule has 0 radical (unpaired) electrons. The summed E-state index contributed by atoms with van der Waals surface area (Å²) in [7, 11) is 2.42. The maximum Gasteiger partial charge on any atom is 0.373 e. The van der Waals surface area contributed by atoms with Crippen molar-refractivity contribution in [2.24, 2.45) is 0 Å². The second kappa shape index (κ2) is 5.86. The molecule has 0 saturated heterocycles. The third-order valence-electron chi connectivity index (χ3n) is 1.94. The number of aliphatic carboxylic acids is 1. The van der Waals surface area contributed by atoms with Crippen LogP contribution in [0.2, 0.25) is 0 Å². The highest BCUT2D eigenvalue weighted by Gasteiger charge is 2.21. The van der Waals surface area contributed by atoms with Gasteiger partial charge in [-0.15, -0.1) is 0 Å². The molecule has 6 nitrogen and oxygen atoms in total. The molecular weight excluding hydrogens is 228 g/mol. The van der Waals surface area contributed by atoms with Crippen molar-refractivity contribution in [2.75, 3.05) is 14.2 Å². The average Bonchev–Trinajstić information content (AvgIpc) is 2.35. The van der Waals surface area contributed by atoms with Crippen molar-refractivity contribution < 1.29 is 28.9 Å². The normalized spacial score (nSPS) is 11.6. The number of esters is 1. The molecule has 0 amide bonds. The highest BCUT2D eigenvalue weighted by molar-refractivity contribution is 5.92. The summed E-state index contributed by atoms with van der Waals surface area (Å²) in [6.07, 6.45) is -1.47. The fraction of sp³-hybridized carbons (Fsp3) is 0.273. The van der Waals surface area contributed by atoms with Crippen LogP contribution < -0.4 is 4.74 Å². The van der Waals surface area contributed by atoms with Crippen molar-refractivity contribution >= 4 is 11.9 Å². The van der Waals surface area contributed by atoms with Crippen molar-refractivity contribution in [2.45, 2.75) is 6.29 Å². The third-order valence-corrected chi connectivity index (χ3v) is 1.94. The molecule has 17 heavy (non-hydrogen) atoms. The van der Waals surface area contributed by atoms with E-state index >= 15 is 0 Å². The van der Waals surface area contributed by atoms with Gasteiger partial charge in [-0.05, 0) is 12.1 Å². The first-order valence-corrected chi connectivity index (χ1v) is 4.69. The molecule has 0 bridgehead atoms. The second-order valence-corrected chi connectivity index (χ2v) is 3.01. The van der Waals surface area contributed by atoms with Crippen LogP contribution in [0.15, 0.2) is 24.3 Å². The third kappa shape index (κ3) is 3.18. The first-order chi connectivity index (χ1) is 8.10. The van der Waals surface area contributed by atoms with Crippen LogP contribution in [0.1, 0.15) is 10.4 Å². The van der Waals surface area contributed by atoms with Gasteiger partial charge in [0.25, 0.3) is 6.29 Å². The average molecular weight is 240 g/mol. The van der Waals surface area contributed by atoms with Crippen LogP contribution in [0.5, 0.6) is 5.75 Å². The molecule has 0 aromatic heterocycles. The van der Waals surface area contributed by atoms with Gasteiger partial charge in [0, 0.05) is 7.11 Å². The van der Waals surface area contributed by atoms with Crippen LogP contribution in [-0.4, -0.2) is 37.6 Å². The minimum Gasteiger partial charge on any atom is -0.477 e. The minimum absolute atomic E-state index is 0.0913. The summed E-state index contributed by atoms with van der Waals surface area (Å²) in [5.74, 6) is -1.80. The highest BCUT2D eigenvalue weighted by Crippen LogP contribution is 2.20. The number of benzene rings is 1. The molecule has 1 aromatic rings. The summed E-state index contributed by atoms with van der Waals surface area (Å²) in [4.78, 5) is 22.1. The predicted molar refractivity (Wildman–Crippen MR) is 56.8 cm³/mol. The van der Waals surface area contributed by atoms with E-state index in [-0.39, 0.29) is 11.3 Å². The van der Waals surface area contributed by atoms with E-state index in [0.29, 0.717) is 0 Å². The van der Waals surface area contributed by atoms with E-state index in [1.165, 1.54) is 26.4 Å². The van der Waals surface area contributed by atoms with Gasteiger partial charge in [0.05, 0.1) is 7.11 Å². The molecule has 0 spiro atoms. The van der Waals surface area contributed by atoms with Gasteiger partial charge in [-0.2, -0.15) is 0 Å². The molecular formula is C11H12O6. The number of carboxylic acids is 1. The highest BCUT2D eigenvalue weighted by atomic mass is 16.7. The van der Waals surface area contributed by atoms with Crippen LogP contribution in [0.4, 0.5) is 0 Å². The molecule has 6 heteroatoms. The quantitative estimate of drug-likeness (QED) is 0.608. The molecule has 0 heterocycles. The van der Waals surface area contributed by atoms with Gasteiger partial charge in [-0.25, -0.2) is 9.59 Å². The van der Waals surface area contributed by atoms with E-state index < -0.39 is 18.2 Å². The molecule has 0 aliphatic rings. The Morgan fingerprint density at radius 2 is 1.88 bits per heavy atom. The van der Waals surface area contributed by atoms with Crippen LogP contribution in [0, 0.1) is 0 Å². The minimum atomic E-state index is -1.47. The van der Waals surface area contributed by atoms with Gasteiger partial charge in [0.15, 0.2) is 0 Å². The number of carbonyl (C=O) groups is 2. The Hall–Kier alpha value is -2.08. The lowest BCUT2D eigenvalue weighted by molar-refractivity contribution is -0.166. The molecule has 1 aromatic carbocycles. The lowest BCUT2D eigenvalue weighted by Crippen LogP contribution is -2.29. The summed E-state index contributed by atoms with van der Waals surface area (Å²) < 4.78 is 14.2. The van der Waals surface area contributed by atoms with Crippen molar-refractivity contribution in [3.05, 3.63) is 29.8 Å². The van der Waals surface area contributed by atoms with Gasteiger partial charge in [0.1, 0.15) is 11.3 Å². The Balaban J connectivity index is 2.97. The first kappa shape index (κ1) is 13.0. The predicted octanol–water partition coefficient (Wildman–Crippen LogP) is 0.909. The molecule has 92 valence electrons. The number of methoxy groups -OCH3 is 2. The van der Waals surface area contributed by atoms with Gasteiger partial charge in [-0.3, -0.25) is 0 Å². The molecule has 1 atom stereocenters. The number of carboxylic acid groups (broad SMARTS) is 1. The zero-order valence-electron chi connectivity index (χ0n) is 9.38. The van der Waals surface area contributed by atoms with E-state index in [9.17, 15) is 9.59 Å². The van der Waals surface area contributed by atoms with Crippen LogP contribution in [0.3, 0.4) is 0 Å². The molecule has 0 aliphatic carbocycles. The van der Waals surface area contributed by atoms with Crippen molar-refractivity contribution in [1.29, 1.82) is 0 Å². The fourth-order valence-electron chi connectivity index (χ4n) is 1.16. The largest absolute Gasteiger partial charge is 0.477 e. The van der Waals surface area contributed by atoms with E-state index in [1.54, 1.807) is 12.1 Å². The Bertz CT molecular complexity index is 414. The fourth-order valence-corrected chi connectivity index (χ4v) is 1.16. The molecule has 1 unspecified atom stereocenters. The molecule has 1 N–H and O–H groups in total. The summed E-state index contributed by atoms with van der Waals surface area (Å²) in [6, 6.07) is 6.15. The Labute approximate surface area is 97.7 Å². The number of carbonyl (C=O) groups excluding carboxylic acids is 1. The summed E-state index contributed by atoms with van der Waals surface area (Å²) in [6.45, 7) is 0. The van der Waals surface area contributed by atoms with Crippen LogP contribution >= 0.6 is 0 Å². The maximum atomic E-state index is 11.4. The van der Waals surface area contributed by atoms with E-state index in [1.807, 2.05) is 0 Å².